The number of hydrogen-bond donors (Lipinski definition) is 2. The molecule has 2 aromatic carbocycles. The number of anilines is 1. The van der Waals surface area contributed by atoms with E-state index >= 15 is 0 Å². The monoisotopic (exact) mass is 384 g/mol. The summed E-state index contributed by atoms with van der Waals surface area (Å²) in [6.07, 6.45) is -4.64. The van der Waals surface area contributed by atoms with Crippen molar-refractivity contribution in [2.24, 2.45) is 0 Å². The summed E-state index contributed by atoms with van der Waals surface area (Å²) in [5.41, 5.74) is -0.670. The van der Waals surface area contributed by atoms with Crippen LogP contribution in [0.5, 0.6) is 0 Å². The van der Waals surface area contributed by atoms with Crippen LogP contribution in [0, 0.1) is 5.82 Å². The third-order valence-corrected chi connectivity index (χ3v) is 3.45. The van der Waals surface area contributed by atoms with Gasteiger partial charge in [0.1, 0.15) is 5.82 Å². The van der Waals surface area contributed by atoms with E-state index < -0.39 is 29.6 Å². The van der Waals surface area contributed by atoms with Gasteiger partial charge in [-0.25, -0.2) is 14.0 Å². The Morgan fingerprint density at radius 3 is 2.48 bits per heavy atom. The number of ether oxygens (including phenoxy) is 1. The molecule has 2 rings (SSSR count). The third-order valence-electron chi connectivity index (χ3n) is 3.45. The van der Waals surface area contributed by atoms with Gasteiger partial charge >= 0.3 is 18.2 Å². The number of nitrogens with one attached hydrogen (secondary N) is 2. The van der Waals surface area contributed by atoms with Gasteiger partial charge in [0, 0.05) is 17.8 Å². The van der Waals surface area contributed by atoms with E-state index in [1.54, 1.807) is 6.92 Å². The van der Waals surface area contributed by atoms with Crippen LogP contribution in [0.25, 0.3) is 0 Å². The van der Waals surface area contributed by atoms with Crippen LogP contribution in [0.2, 0.25) is 0 Å². The average Bonchev–Trinajstić information content (AvgIpc) is 2.60. The summed E-state index contributed by atoms with van der Waals surface area (Å²) in [6.45, 7) is 1.55. The highest BCUT2D eigenvalue weighted by atomic mass is 19.4. The fourth-order valence-electron chi connectivity index (χ4n) is 2.16. The lowest BCUT2D eigenvalue weighted by Gasteiger charge is -2.11. The van der Waals surface area contributed by atoms with E-state index in [-0.39, 0.29) is 24.3 Å². The van der Waals surface area contributed by atoms with Crippen LogP contribution in [0.3, 0.4) is 0 Å². The van der Waals surface area contributed by atoms with E-state index in [4.69, 9.17) is 4.74 Å². The quantitative estimate of drug-likeness (QED) is 0.595. The molecule has 0 aliphatic carbocycles. The van der Waals surface area contributed by atoms with Gasteiger partial charge in [0.2, 0.25) is 0 Å². The Morgan fingerprint density at radius 1 is 1.11 bits per heavy atom. The molecule has 0 saturated heterocycles. The molecular formula is C18H16F4N2O3. The second-order valence-corrected chi connectivity index (χ2v) is 5.41. The van der Waals surface area contributed by atoms with Gasteiger partial charge in [0.25, 0.3) is 0 Å². The molecule has 27 heavy (non-hydrogen) atoms. The smallest absolute Gasteiger partial charge is 0.416 e. The summed E-state index contributed by atoms with van der Waals surface area (Å²) in [5.74, 6) is -1.62. The number of alkyl halides is 3. The molecule has 5 nitrogen and oxygen atoms in total. The van der Waals surface area contributed by atoms with Crippen LogP contribution < -0.4 is 10.6 Å². The van der Waals surface area contributed by atoms with Crippen LogP contribution in [0.4, 0.5) is 28.0 Å². The zero-order valence-electron chi connectivity index (χ0n) is 14.2. The van der Waals surface area contributed by atoms with Gasteiger partial charge in [-0.2, -0.15) is 13.2 Å². The SMILES string of the molecule is CCOC(=O)c1cccc(NC(=O)NCc2ccc(C(F)(F)F)cc2F)c1. The predicted octanol–water partition coefficient (Wildman–Crippen LogP) is 4.34. The van der Waals surface area contributed by atoms with Gasteiger partial charge in [-0.05, 0) is 37.3 Å². The summed E-state index contributed by atoms with van der Waals surface area (Å²) in [5, 5.41) is 4.78. The Balaban J connectivity index is 1.97. The first-order valence-corrected chi connectivity index (χ1v) is 7.88. The highest BCUT2D eigenvalue weighted by Gasteiger charge is 2.31. The Labute approximate surface area is 152 Å². The first kappa shape index (κ1) is 20.2. The molecular weight excluding hydrogens is 368 g/mol. The third kappa shape index (κ3) is 5.70. The van der Waals surface area contributed by atoms with E-state index in [0.29, 0.717) is 11.8 Å². The second-order valence-electron chi connectivity index (χ2n) is 5.41. The number of benzene rings is 2. The summed E-state index contributed by atoms with van der Waals surface area (Å²) in [4.78, 5) is 23.5. The lowest BCUT2D eigenvalue weighted by atomic mass is 10.1. The lowest BCUT2D eigenvalue weighted by molar-refractivity contribution is -0.137. The van der Waals surface area contributed by atoms with E-state index in [2.05, 4.69) is 10.6 Å². The van der Waals surface area contributed by atoms with Crippen molar-refractivity contribution >= 4 is 17.7 Å². The second kappa shape index (κ2) is 8.52. The summed E-state index contributed by atoms with van der Waals surface area (Å²) < 4.78 is 56.1. The minimum absolute atomic E-state index is 0.0987. The molecule has 0 atom stereocenters. The minimum atomic E-state index is -4.64. The van der Waals surface area contributed by atoms with Gasteiger partial charge in [0.15, 0.2) is 0 Å². The van der Waals surface area contributed by atoms with Crippen molar-refractivity contribution in [2.75, 3.05) is 11.9 Å². The maximum atomic E-state index is 13.7. The Morgan fingerprint density at radius 2 is 1.85 bits per heavy atom. The summed E-state index contributed by atoms with van der Waals surface area (Å²) in [6, 6.07) is 7.33. The molecule has 0 aliphatic rings. The molecule has 0 saturated carbocycles. The number of amides is 2. The van der Waals surface area contributed by atoms with Crippen molar-refractivity contribution < 1.29 is 31.9 Å². The molecule has 0 spiro atoms. The van der Waals surface area contributed by atoms with Gasteiger partial charge in [-0.15, -0.1) is 0 Å². The maximum absolute atomic E-state index is 13.7. The topological polar surface area (TPSA) is 67.4 Å². The van der Waals surface area contributed by atoms with Crippen LogP contribution in [-0.4, -0.2) is 18.6 Å². The highest BCUT2D eigenvalue weighted by Crippen LogP contribution is 2.30. The molecule has 0 heterocycles. The summed E-state index contributed by atoms with van der Waals surface area (Å²) >= 11 is 0. The molecule has 0 fully saturated rings. The molecule has 144 valence electrons. The molecule has 2 amide bonds. The largest absolute Gasteiger partial charge is 0.462 e. The first-order chi connectivity index (χ1) is 12.7. The fourth-order valence-corrected chi connectivity index (χ4v) is 2.16. The lowest BCUT2D eigenvalue weighted by Crippen LogP contribution is -2.28. The summed E-state index contributed by atoms with van der Waals surface area (Å²) in [7, 11) is 0. The minimum Gasteiger partial charge on any atom is -0.462 e. The van der Waals surface area contributed by atoms with Crippen LogP contribution >= 0.6 is 0 Å². The van der Waals surface area contributed by atoms with Crippen molar-refractivity contribution in [3.05, 3.63) is 65.0 Å². The average molecular weight is 384 g/mol. The number of rotatable bonds is 5. The Bertz CT molecular complexity index is 838. The van der Waals surface area contributed by atoms with Gasteiger partial charge < -0.3 is 15.4 Å². The number of esters is 1. The zero-order valence-corrected chi connectivity index (χ0v) is 14.2. The standard InChI is InChI=1S/C18H16F4N2O3/c1-2-27-16(25)11-4-3-5-14(8-11)24-17(26)23-10-12-6-7-13(9-15(12)19)18(20,21)22/h3-9H,2,10H2,1H3,(H2,23,24,26). The fraction of sp³-hybridized carbons (Fsp3) is 0.222. The van der Waals surface area contributed by atoms with E-state index in [9.17, 15) is 27.2 Å². The van der Waals surface area contributed by atoms with Gasteiger partial charge in [0.05, 0.1) is 17.7 Å². The zero-order chi connectivity index (χ0) is 20.0. The number of carbonyl (C=O) groups excluding carboxylic acids is 2. The first-order valence-electron chi connectivity index (χ1n) is 7.88. The van der Waals surface area contributed by atoms with Crippen molar-refractivity contribution in [2.45, 2.75) is 19.6 Å². The van der Waals surface area contributed by atoms with E-state index in [1.807, 2.05) is 0 Å². The number of hydrogen-bond acceptors (Lipinski definition) is 3. The highest BCUT2D eigenvalue weighted by molar-refractivity contribution is 5.93. The van der Waals surface area contributed by atoms with Crippen LogP contribution in [0.15, 0.2) is 42.5 Å². The van der Waals surface area contributed by atoms with Crippen LogP contribution in [-0.2, 0) is 17.5 Å². The Hall–Kier alpha value is -3.10. The molecule has 9 heteroatoms. The van der Waals surface area contributed by atoms with Gasteiger partial charge in [-0.1, -0.05) is 12.1 Å². The van der Waals surface area contributed by atoms with Crippen molar-refractivity contribution in [1.82, 2.24) is 5.32 Å². The van der Waals surface area contributed by atoms with Crippen molar-refractivity contribution in [3.63, 3.8) is 0 Å². The number of halogens is 4. The van der Waals surface area contributed by atoms with E-state index in [1.165, 1.54) is 24.3 Å². The number of carbonyl (C=O) groups is 2. The van der Waals surface area contributed by atoms with Crippen LogP contribution in [0.1, 0.15) is 28.4 Å². The molecule has 0 aromatic heterocycles. The number of urea groups is 1. The normalized spacial score (nSPS) is 11.0. The molecule has 0 radical (unpaired) electrons. The molecule has 0 bridgehead atoms. The molecule has 0 aliphatic heterocycles. The van der Waals surface area contributed by atoms with Gasteiger partial charge in [-0.3, -0.25) is 0 Å². The van der Waals surface area contributed by atoms with Crippen molar-refractivity contribution in [1.29, 1.82) is 0 Å². The molecule has 0 unspecified atom stereocenters. The predicted molar refractivity (Wildman–Crippen MR) is 89.7 cm³/mol. The maximum Gasteiger partial charge on any atom is 0.416 e. The van der Waals surface area contributed by atoms with E-state index in [0.717, 1.165) is 12.1 Å². The van der Waals surface area contributed by atoms with Crippen molar-refractivity contribution in [3.8, 4) is 0 Å². The molecule has 2 N–H and O–H groups in total. The molecule has 2 aromatic rings. The Kier molecular flexibility index (Phi) is 6.38.